The quantitative estimate of drug-likeness (QED) is 0.501. The fourth-order valence-corrected chi connectivity index (χ4v) is 2.38. The van der Waals surface area contributed by atoms with Gasteiger partial charge in [-0.1, -0.05) is 48.0 Å². The Morgan fingerprint density at radius 2 is 1.87 bits per heavy atom. The van der Waals surface area contributed by atoms with E-state index < -0.39 is 7.47 Å². The van der Waals surface area contributed by atoms with Crippen molar-refractivity contribution in [1.82, 2.24) is 4.98 Å². The van der Waals surface area contributed by atoms with Crippen LogP contribution in [0.15, 0.2) is 60.7 Å². The first-order valence-corrected chi connectivity index (χ1v) is 7.21. The molecular weight excluding hydrogens is 295 g/mol. The predicted octanol–water partition coefficient (Wildman–Crippen LogP) is 4.98. The third-order valence-corrected chi connectivity index (χ3v) is 3.42. The van der Waals surface area contributed by atoms with Crippen molar-refractivity contribution in [3.05, 3.63) is 77.5 Å². The number of aromatic nitrogens is 1. The normalized spacial score (nSPS) is 11.5. The number of fused-ring (bicyclic) bond motifs is 1. The van der Waals surface area contributed by atoms with Gasteiger partial charge in [0.05, 0.1) is 11.2 Å². The summed E-state index contributed by atoms with van der Waals surface area (Å²) in [5.74, 6) is 0.103. The van der Waals surface area contributed by atoms with E-state index in [1.165, 1.54) is 6.08 Å². The molecule has 0 N–H and O–H groups in total. The van der Waals surface area contributed by atoms with E-state index in [2.05, 4.69) is 4.98 Å². The lowest BCUT2D eigenvalue weighted by Crippen LogP contribution is -2.04. The van der Waals surface area contributed by atoms with Gasteiger partial charge in [0.2, 0.25) is 0 Å². The molecule has 0 saturated heterocycles. The molecule has 0 fully saturated rings. The Morgan fingerprint density at radius 1 is 1.04 bits per heavy atom. The largest absolute Gasteiger partial charge is 0.796 e. The van der Waals surface area contributed by atoms with Gasteiger partial charge in [0.25, 0.3) is 0 Å². The molecule has 0 saturated carbocycles. The zero-order valence-corrected chi connectivity index (χ0v) is 12.5. The van der Waals surface area contributed by atoms with Crippen LogP contribution in [0.25, 0.3) is 22.7 Å². The average molecular weight is 309 g/mol. The van der Waals surface area contributed by atoms with Crippen LogP contribution in [0.5, 0.6) is 0 Å². The second-order valence-corrected chi connectivity index (χ2v) is 5.19. The van der Waals surface area contributed by atoms with E-state index in [1.54, 1.807) is 24.3 Å². The molecule has 3 aromatic rings. The first-order valence-electron chi connectivity index (χ1n) is 7.21. The number of hydrogen-bond acceptors (Lipinski definition) is 2. The Morgan fingerprint density at radius 3 is 2.65 bits per heavy atom. The Bertz CT molecular complexity index is 864. The molecule has 0 aliphatic rings. The lowest BCUT2D eigenvalue weighted by molar-refractivity contribution is 0.398. The Labute approximate surface area is 133 Å². The van der Waals surface area contributed by atoms with Crippen molar-refractivity contribution in [3.63, 3.8) is 0 Å². The first-order chi connectivity index (χ1) is 11.1. The summed E-state index contributed by atoms with van der Waals surface area (Å²) in [6, 6.07) is 18.6. The summed E-state index contributed by atoms with van der Waals surface area (Å²) in [5.41, 5.74) is 2.95. The summed E-state index contributed by atoms with van der Waals surface area (Å²) in [7, 11) is -2.89. The standard InChI is InChI=1S/C18H14BF2NO/c1-13-5-4-7-15(11-13)18(23-19(20)21)12-16-10-9-14-6-2-3-8-17(14)22-16/h2-12H,1H3/b18-12-. The molecule has 3 rings (SSSR count). The molecule has 1 aromatic heterocycles. The molecule has 5 heteroatoms. The molecule has 0 bridgehead atoms. The Balaban J connectivity index is 2.05. The van der Waals surface area contributed by atoms with E-state index in [1.807, 2.05) is 43.3 Å². The lowest BCUT2D eigenvalue weighted by Gasteiger charge is -2.10. The maximum atomic E-state index is 12.7. The zero-order chi connectivity index (χ0) is 16.2. The molecule has 114 valence electrons. The van der Waals surface area contributed by atoms with E-state index in [-0.39, 0.29) is 5.76 Å². The van der Waals surface area contributed by atoms with Crippen molar-refractivity contribution in [2.75, 3.05) is 0 Å². The minimum Gasteiger partial charge on any atom is -0.505 e. The Hall–Kier alpha value is -2.69. The molecular formula is C18H14BF2NO. The highest BCUT2D eigenvalue weighted by Gasteiger charge is 2.20. The first kappa shape index (κ1) is 15.2. The van der Waals surface area contributed by atoms with Gasteiger partial charge in [-0.3, -0.25) is 0 Å². The second-order valence-electron chi connectivity index (χ2n) is 5.19. The summed E-state index contributed by atoms with van der Waals surface area (Å²) < 4.78 is 30.2. The molecule has 0 amide bonds. The van der Waals surface area contributed by atoms with Crippen molar-refractivity contribution in [1.29, 1.82) is 0 Å². The third kappa shape index (κ3) is 3.75. The highest BCUT2D eigenvalue weighted by atomic mass is 19.2. The van der Waals surface area contributed by atoms with E-state index in [9.17, 15) is 8.63 Å². The smallest absolute Gasteiger partial charge is 0.505 e. The van der Waals surface area contributed by atoms with Crippen LogP contribution in [0.3, 0.4) is 0 Å². The van der Waals surface area contributed by atoms with Gasteiger partial charge < -0.3 is 4.65 Å². The van der Waals surface area contributed by atoms with Crippen LogP contribution < -0.4 is 0 Å². The second kappa shape index (κ2) is 6.61. The Kier molecular flexibility index (Phi) is 4.37. The fourth-order valence-electron chi connectivity index (χ4n) is 2.38. The number of aryl methyl sites for hydroxylation is 1. The van der Waals surface area contributed by atoms with Crippen LogP contribution in [0, 0.1) is 6.92 Å². The monoisotopic (exact) mass is 309 g/mol. The highest BCUT2D eigenvalue weighted by Crippen LogP contribution is 2.22. The summed E-state index contributed by atoms with van der Waals surface area (Å²) in [4.78, 5) is 4.47. The molecule has 23 heavy (non-hydrogen) atoms. The average Bonchev–Trinajstić information content (AvgIpc) is 2.54. The van der Waals surface area contributed by atoms with E-state index in [4.69, 9.17) is 4.65 Å². The van der Waals surface area contributed by atoms with Crippen LogP contribution in [0.1, 0.15) is 16.8 Å². The van der Waals surface area contributed by atoms with E-state index in [0.717, 1.165) is 16.5 Å². The maximum Gasteiger partial charge on any atom is 0.796 e. The van der Waals surface area contributed by atoms with Crippen LogP contribution in [-0.4, -0.2) is 12.5 Å². The van der Waals surface area contributed by atoms with Crippen molar-refractivity contribution < 1.29 is 13.3 Å². The molecule has 0 atom stereocenters. The summed E-state index contributed by atoms with van der Waals surface area (Å²) in [6.45, 7) is 1.90. The summed E-state index contributed by atoms with van der Waals surface area (Å²) in [5, 5.41) is 0.997. The van der Waals surface area contributed by atoms with Gasteiger partial charge in [-0.15, -0.1) is 0 Å². The minimum atomic E-state index is -2.89. The van der Waals surface area contributed by atoms with Crippen molar-refractivity contribution >= 4 is 30.2 Å². The number of hydrogen-bond donors (Lipinski definition) is 0. The van der Waals surface area contributed by atoms with Crippen molar-refractivity contribution in [2.45, 2.75) is 6.92 Å². The van der Waals surface area contributed by atoms with Crippen LogP contribution in [0.2, 0.25) is 0 Å². The predicted molar refractivity (Wildman–Crippen MR) is 89.8 cm³/mol. The van der Waals surface area contributed by atoms with Gasteiger partial charge >= 0.3 is 7.47 Å². The van der Waals surface area contributed by atoms with E-state index in [0.29, 0.717) is 11.3 Å². The fraction of sp³-hybridized carbons (Fsp3) is 0.0556. The highest BCUT2D eigenvalue weighted by molar-refractivity contribution is 6.36. The van der Waals surface area contributed by atoms with Gasteiger partial charge in [0.15, 0.2) is 0 Å². The zero-order valence-electron chi connectivity index (χ0n) is 12.5. The third-order valence-electron chi connectivity index (χ3n) is 3.42. The van der Waals surface area contributed by atoms with Crippen LogP contribution in [0.4, 0.5) is 8.63 Å². The maximum absolute atomic E-state index is 12.7. The van der Waals surface area contributed by atoms with Gasteiger partial charge in [-0.25, -0.2) is 13.6 Å². The van der Waals surface area contributed by atoms with Crippen LogP contribution >= 0.6 is 0 Å². The van der Waals surface area contributed by atoms with Crippen molar-refractivity contribution in [3.8, 4) is 0 Å². The molecule has 2 nitrogen and oxygen atoms in total. The number of rotatable bonds is 4. The number of para-hydroxylation sites is 1. The van der Waals surface area contributed by atoms with Gasteiger partial charge in [0, 0.05) is 17.0 Å². The SMILES string of the molecule is Cc1cccc(/C(=C/c2ccc3ccccc3n2)OB(F)F)c1. The van der Waals surface area contributed by atoms with Crippen LogP contribution in [-0.2, 0) is 4.65 Å². The van der Waals surface area contributed by atoms with E-state index >= 15 is 0 Å². The molecule has 0 radical (unpaired) electrons. The molecule has 2 aromatic carbocycles. The molecule has 0 unspecified atom stereocenters. The molecule has 0 aliphatic carbocycles. The number of halogens is 2. The van der Waals surface area contributed by atoms with Gasteiger partial charge in [0.1, 0.15) is 5.76 Å². The lowest BCUT2D eigenvalue weighted by atomic mass is 10.1. The number of benzene rings is 2. The van der Waals surface area contributed by atoms with Crippen molar-refractivity contribution in [2.24, 2.45) is 0 Å². The molecule has 0 aliphatic heterocycles. The number of pyridine rings is 1. The molecule has 0 spiro atoms. The van der Waals surface area contributed by atoms with Gasteiger partial charge in [-0.05, 0) is 25.1 Å². The summed E-state index contributed by atoms with van der Waals surface area (Å²) in [6.07, 6.45) is 1.54. The number of nitrogens with zero attached hydrogens (tertiary/aromatic N) is 1. The molecule has 1 heterocycles. The summed E-state index contributed by atoms with van der Waals surface area (Å²) >= 11 is 0. The minimum absolute atomic E-state index is 0.103. The topological polar surface area (TPSA) is 22.1 Å². The van der Waals surface area contributed by atoms with Gasteiger partial charge in [-0.2, -0.15) is 0 Å².